The van der Waals surface area contributed by atoms with E-state index in [9.17, 15) is 4.79 Å². The standard InChI is InChI=1S/C12H16ClNO3/c1-7(2)17-10-5-4-8(6-9(10)13)11(14-3)12(15)16/h4-7,11,14H,1-3H3,(H,15,16). The zero-order valence-corrected chi connectivity index (χ0v) is 10.8. The first-order chi connectivity index (χ1) is 7.95. The van der Waals surface area contributed by atoms with E-state index in [4.69, 9.17) is 21.4 Å². The maximum atomic E-state index is 11.0. The summed E-state index contributed by atoms with van der Waals surface area (Å²) in [6.07, 6.45) is 0.0259. The fourth-order valence-corrected chi connectivity index (χ4v) is 1.71. The molecule has 0 saturated carbocycles. The van der Waals surface area contributed by atoms with Crippen molar-refractivity contribution in [3.63, 3.8) is 0 Å². The lowest BCUT2D eigenvalue weighted by molar-refractivity contribution is -0.139. The van der Waals surface area contributed by atoms with E-state index in [0.717, 1.165) is 0 Å². The Hall–Kier alpha value is -1.26. The van der Waals surface area contributed by atoms with Gasteiger partial charge in [-0.25, -0.2) is 0 Å². The maximum absolute atomic E-state index is 11.0. The minimum Gasteiger partial charge on any atom is -0.489 e. The second kappa shape index (κ2) is 5.89. The summed E-state index contributed by atoms with van der Waals surface area (Å²) in [5.41, 5.74) is 0.598. The van der Waals surface area contributed by atoms with Gasteiger partial charge in [-0.3, -0.25) is 4.79 Å². The largest absolute Gasteiger partial charge is 0.489 e. The molecule has 0 amide bonds. The van der Waals surface area contributed by atoms with Crippen molar-refractivity contribution in [1.29, 1.82) is 0 Å². The highest BCUT2D eigenvalue weighted by Gasteiger charge is 2.18. The molecule has 0 bridgehead atoms. The first-order valence-electron chi connectivity index (χ1n) is 5.32. The number of carboxylic acid groups (broad SMARTS) is 1. The predicted molar refractivity (Wildman–Crippen MR) is 66.7 cm³/mol. The van der Waals surface area contributed by atoms with Crippen LogP contribution in [-0.4, -0.2) is 24.2 Å². The van der Waals surface area contributed by atoms with Gasteiger partial charge in [-0.05, 0) is 38.6 Å². The quantitative estimate of drug-likeness (QED) is 0.851. The molecule has 0 aromatic heterocycles. The summed E-state index contributed by atoms with van der Waals surface area (Å²) < 4.78 is 5.47. The molecule has 0 heterocycles. The van der Waals surface area contributed by atoms with Crippen LogP contribution in [0.3, 0.4) is 0 Å². The molecular formula is C12H16ClNO3. The monoisotopic (exact) mass is 257 g/mol. The van der Waals surface area contributed by atoms with E-state index in [1.165, 1.54) is 0 Å². The Labute approximate surface area is 106 Å². The maximum Gasteiger partial charge on any atom is 0.325 e. The molecule has 1 aromatic carbocycles. The van der Waals surface area contributed by atoms with Gasteiger partial charge >= 0.3 is 5.97 Å². The Morgan fingerprint density at radius 1 is 1.47 bits per heavy atom. The van der Waals surface area contributed by atoms with Crippen molar-refractivity contribution in [3.05, 3.63) is 28.8 Å². The van der Waals surface area contributed by atoms with Crippen LogP contribution in [0, 0.1) is 0 Å². The molecule has 1 unspecified atom stereocenters. The molecule has 1 atom stereocenters. The predicted octanol–water partition coefficient (Wildman–Crippen LogP) is 2.47. The van der Waals surface area contributed by atoms with Crippen LogP contribution >= 0.6 is 11.6 Å². The van der Waals surface area contributed by atoms with E-state index < -0.39 is 12.0 Å². The molecule has 94 valence electrons. The second-order valence-electron chi connectivity index (χ2n) is 3.92. The highest BCUT2D eigenvalue weighted by molar-refractivity contribution is 6.32. The van der Waals surface area contributed by atoms with E-state index in [0.29, 0.717) is 16.3 Å². The average molecular weight is 258 g/mol. The molecule has 5 heteroatoms. The molecule has 0 radical (unpaired) electrons. The van der Waals surface area contributed by atoms with Gasteiger partial charge in [0, 0.05) is 0 Å². The number of carbonyl (C=O) groups is 1. The SMILES string of the molecule is CNC(C(=O)O)c1ccc(OC(C)C)c(Cl)c1. The summed E-state index contributed by atoms with van der Waals surface area (Å²) in [6, 6.07) is 4.22. The van der Waals surface area contributed by atoms with E-state index in [2.05, 4.69) is 5.32 Å². The van der Waals surface area contributed by atoms with E-state index in [1.54, 1.807) is 25.2 Å². The van der Waals surface area contributed by atoms with Gasteiger partial charge in [0.2, 0.25) is 0 Å². The number of rotatable bonds is 5. The normalized spacial score (nSPS) is 12.5. The average Bonchev–Trinajstić information content (AvgIpc) is 2.22. The zero-order chi connectivity index (χ0) is 13.0. The van der Waals surface area contributed by atoms with Crippen molar-refractivity contribution in [2.45, 2.75) is 26.0 Å². The van der Waals surface area contributed by atoms with Crippen LogP contribution < -0.4 is 10.1 Å². The number of hydrogen-bond acceptors (Lipinski definition) is 3. The van der Waals surface area contributed by atoms with Crippen molar-refractivity contribution in [3.8, 4) is 5.75 Å². The summed E-state index contributed by atoms with van der Waals surface area (Å²) >= 11 is 6.03. The molecule has 1 rings (SSSR count). The van der Waals surface area contributed by atoms with Crippen molar-refractivity contribution in [2.75, 3.05) is 7.05 Å². The number of likely N-dealkylation sites (N-methyl/N-ethyl adjacent to an activating group) is 1. The third-order valence-corrected chi connectivity index (χ3v) is 2.48. The molecule has 1 aromatic rings. The molecule has 0 fully saturated rings. The molecule has 0 aliphatic heterocycles. The third-order valence-electron chi connectivity index (χ3n) is 2.19. The molecular weight excluding hydrogens is 242 g/mol. The first-order valence-corrected chi connectivity index (χ1v) is 5.69. The molecule has 0 spiro atoms. The Balaban J connectivity index is 2.99. The fourth-order valence-electron chi connectivity index (χ4n) is 1.48. The van der Waals surface area contributed by atoms with Crippen molar-refractivity contribution < 1.29 is 14.6 Å². The Kier molecular flexibility index (Phi) is 4.78. The molecule has 0 aliphatic rings. The number of hydrogen-bond donors (Lipinski definition) is 2. The van der Waals surface area contributed by atoms with Crippen LogP contribution in [0.5, 0.6) is 5.75 Å². The second-order valence-corrected chi connectivity index (χ2v) is 4.32. The van der Waals surface area contributed by atoms with E-state index in [-0.39, 0.29) is 6.10 Å². The first kappa shape index (κ1) is 13.8. The fraction of sp³-hybridized carbons (Fsp3) is 0.417. The molecule has 0 saturated heterocycles. The number of ether oxygens (including phenoxy) is 1. The van der Waals surface area contributed by atoms with E-state index >= 15 is 0 Å². The van der Waals surface area contributed by atoms with Crippen LogP contribution in [-0.2, 0) is 4.79 Å². The number of benzene rings is 1. The van der Waals surface area contributed by atoms with Crippen LogP contribution in [0.15, 0.2) is 18.2 Å². The number of halogens is 1. The Morgan fingerprint density at radius 2 is 2.12 bits per heavy atom. The number of nitrogens with one attached hydrogen (secondary N) is 1. The summed E-state index contributed by atoms with van der Waals surface area (Å²) in [4.78, 5) is 11.0. The van der Waals surface area contributed by atoms with Gasteiger partial charge in [-0.1, -0.05) is 17.7 Å². The van der Waals surface area contributed by atoms with Crippen LogP contribution in [0.1, 0.15) is 25.5 Å². The van der Waals surface area contributed by atoms with Crippen LogP contribution in [0.25, 0.3) is 0 Å². The van der Waals surface area contributed by atoms with Gasteiger partial charge in [-0.2, -0.15) is 0 Å². The smallest absolute Gasteiger partial charge is 0.325 e. The van der Waals surface area contributed by atoms with Gasteiger partial charge in [0.05, 0.1) is 11.1 Å². The lowest BCUT2D eigenvalue weighted by Gasteiger charge is -2.15. The summed E-state index contributed by atoms with van der Waals surface area (Å²) in [5, 5.41) is 12.1. The van der Waals surface area contributed by atoms with Crippen LogP contribution in [0.2, 0.25) is 5.02 Å². The van der Waals surface area contributed by atoms with Gasteiger partial charge in [0.1, 0.15) is 11.8 Å². The number of carboxylic acids is 1. The van der Waals surface area contributed by atoms with Gasteiger partial charge in [0.15, 0.2) is 0 Å². The van der Waals surface area contributed by atoms with Gasteiger partial charge in [0.25, 0.3) is 0 Å². The Morgan fingerprint density at radius 3 is 2.53 bits per heavy atom. The van der Waals surface area contributed by atoms with Crippen LogP contribution in [0.4, 0.5) is 0 Å². The van der Waals surface area contributed by atoms with Gasteiger partial charge in [-0.15, -0.1) is 0 Å². The highest BCUT2D eigenvalue weighted by atomic mass is 35.5. The minimum absolute atomic E-state index is 0.0259. The van der Waals surface area contributed by atoms with Crippen molar-refractivity contribution in [2.24, 2.45) is 0 Å². The number of aliphatic carboxylic acids is 1. The molecule has 2 N–H and O–H groups in total. The third kappa shape index (κ3) is 3.61. The topological polar surface area (TPSA) is 58.6 Å². The molecule has 17 heavy (non-hydrogen) atoms. The minimum atomic E-state index is -0.943. The van der Waals surface area contributed by atoms with Crippen molar-refractivity contribution in [1.82, 2.24) is 5.32 Å². The summed E-state index contributed by atoms with van der Waals surface area (Å²) in [7, 11) is 1.59. The van der Waals surface area contributed by atoms with Crippen molar-refractivity contribution >= 4 is 17.6 Å². The summed E-state index contributed by atoms with van der Waals surface area (Å²) in [6.45, 7) is 3.80. The molecule has 4 nitrogen and oxygen atoms in total. The lowest BCUT2D eigenvalue weighted by atomic mass is 10.1. The highest BCUT2D eigenvalue weighted by Crippen LogP contribution is 2.28. The zero-order valence-electron chi connectivity index (χ0n) is 10.0. The van der Waals surface area contributed by atoms with Gasteiger partial charge < -0.3 is 15.2 Å². The van der Waals surface area contributed by atoms with E-state index in [1.807, 2.05) is 13.8 Å². The molecule has 0 aliphatic carbocycles. The lowest BCUT2D eigenvalue weighted by Crippen LogP contribution is -2.24. The summed E-state index contributed by atoms with van der Waals surface area (Å²) in [5.74, 6) is -0.383. The Bertz CT molecular complexity index is 407.